The highest BCUT2D eigenvalue weighted by Gasteiger charge is 2.28. The summed E-state index contributed by atoms with van der Waals surface area (Å²) in [6.45, 7) is 5.07. The molecule has 1 saturated carbocycles. The Labute approximate surface area is 206 Å². The molecule has 1 heterocycles. The van der Waals surface area contributed by atoms with Gasteiger partial charge >= 0.3 is 0 Å². The zero-order valence-electron chi connectivity index (χ0n) is 21.0. The van der Waals surface area contributed by atoms with Gasteiger partial charge in [-0.1, -0.05) is 12.8 Å². The fourth-order valence-electron chi connectivity index (χ4n) is 4.16. The zero-order chi connectivity index (χ0) is 25.2. The van der Waals surface area contributed by atoms with Crippen molar-refractivity contribution in [3.8, 4) is 22.9 Å². The van der Waals surface area contributed by atoms with Crippen molar-refractivity contribution in [1.29, 1.82) is 0 Å². The minimum atomic E-state index is -0.612. The van der Waals surface area contributed by atoms with Gasteiger partial charge in [0.2, 0.25) is 17.6 Å². The molecule has 0 aliphatic heterocycles. The Morgan fingerprint density at radius 3 is 2.63 bits per heavy atom. The fraction of sp³-hybridized carbons (Fsp3) is 0.625. The first kappa shape index (κ1) is 26.4. The van der Waals surface area contributed by atoms with Crippen molar-refractivity contribution in [2.75, 3.05) is 34.0 Å². The lowest BCUT2D eigenvalue weighted by molar-refractivity contribution is -0.141. The maximum Gasteiger partial charge on any atom is 0.246 e. The lowest BCUT2D eigenvalue weighted by Crippen LogP contribution is -2.51. The molecular weight excluding hydrogens is 452 g/mol. The van der Waals surface area contributed by atoms with E-state index in [1.807, 2.05) is 6.92 Å². The number of hydrogen-bond acceptors (Lipinski definition) is 8. The van der Waals surface area contributed by atoms with Gasteiger partial charge < -0.3 is 24.4 Å². The molecule has 1 N–H and O–H groups in total. The van der Waals surface area contributed by atoms with Crippen LogP contribution in [0.4, 0.5) is 0 Å². The summed E-state index contributed by atoms with van der Waals surface area (Å²) in [5, 5.41) is 15.6. The van der Waals surface area contributed by atoms with Crippen LogP contribution in [0.2, 0.25) is 0 Å². The van der Waals surface area contributed by atoms with Crippen LogP contribution in [0.3, 0.4) is 0 Å². The topological polar surface area (TPSA) is 121 Å². The van der Waals surface area contributed by atoms with Gasteiger partial charge in [0.25, 0.3) is 0 Å². The lowest BCUT2D eigenvalue weighted by Gasteiger charge is -2.29. The van der Waals surface area contributed by atoms with Gasteiger partial charge in [-0.3, -0.25) is 9.59 Å². The van der Waals surface area contributed by atoms with E-state index in [4.69, 9.17) is 14.2 Å². The van der Waals surface area contributed by atoms with E-state index in [0.29, 0.717) is 49.1 Å². The normalized spacial score (nSPS) is 14.5. The number of carbonyl (C=O) groups excluding carboxylic acids is 2. The molecule has 2 aromatic rings. The molecule has 3 rings (SSSR count). The summed E-state index contributed by atoms with van der Waals surface area (Å²) in [7, 11) is 3.11. The van der Waals surface area contributed by atoms with Gasteiger partial charge in [-0.2, -0.15) is 4.80 Å². The van der Waals surface area contributed by atoms with Gasteiger partial charge in [0.05, 0.1) is 14.2 Å². The van der Waals surface area contributed by atoms with E-state index in [-0.39, 0.29) is 24.4 Å². The second-order valence-electron chi connectivity index (χ2n) is 8.52. The minimum absolute atomic E-state index is 0.129. The first-order valence-electron chi connectivity index (χ1n) is 12.1. The van der Waals surface area contributed by atoms with Crippen molar-refractivity contribution in [3.05, 3.63) is 18.2 Å². The van der Waals surface area contributed by atoms with Gasteiger partial charge in [0, 0.05) is 31.4 Å². The molecule has 1 atom stereocenters. The molecule has 1 aromatic heterocycles. The van der Waals surface area contributed by atoms with Crippen molar-refractivity contribution in [3.63, 3.8) is 0 Å². The molecule has 192 valence electrons. The Hall–Kier alpha value is -3.21. The molecule has 1 aliphatic carbocycles. The summed E-state index contributed by atoms with van der Waals surface area (Å²) in [5.74, 6) is 1.09. The standard InChI is InChI=1S/C24H36N6O5/c1-5-35-14-8-13-29(17(2)24(32)25-19-9-6-7-10-19)22(31)16-30-27-23(26-28-30)18-11-12-20(33-3)21(15-18)34-4/h11-12,15,17,19H,5-10,13-14,16H2,1-4H3,(H,25,32). The van der Waals surface area contributed by atoms with E-state index >= 15 is 0 Å². The number of ether oxygens (including phenoxy) is 3. The Morgan fingerprint density at radius 1 is 1.20 bits per heavy atom. The number of methoxy groups -OCH3 is 2. The number of carbonyl (C=O) groups is 2. The van der Waals surface area contributed by atoms with Gasteiger partial charge in [0.1, 0.15) is 12.6 Å². The minimum Gasteiger partial charge on any atom is -0.493 e. The quantitative estimate of drug-likeness (QED) is 0.426. The molecule has 1 aromatic carbocycles. The van der Waals surface area contributed by atoms with Crippen LogP contribution in [-0.4, -0.2) is 83.0 Å². The predicted molar refractivity (Wildman–Crippen MR) is 129 cm³/mol. The van der Waals surface area contributed by atoms with E-state index in [2.05, 4.69) is 20.7 Å². The summed E-state index contributed by atoms with van der Waals surface area (Å²) in [5.41, 5.74) is 0.680. The number of benzene rings is 1. The molecule has 2 amide bonds. The number of rotatable bonds is 13. The predicted octanol–water partition coefficient (Wildman–Crippen LogP) is 2.06. The summed E-state index contributed by atoms with van der Waals surface area (Å²) in [6, 6.07) is 4.87. The molecule has 1 aliphatic rings. The van der Waals surface area contributed by atoms with Gasteiger partial charge in [-0.15, -0.1) is 10.2 Å². The van der Waals surface area contributed by atoms with Crippen molar-refractivity contribution in [2.45, 2.75) is 64.6 Å². The number of hydrogen-bond donors (Lipinski definition) is 1. The lowest BCUT2D eigenvalue weighted by atomic mass is 10.2. The molecule has 11 nitrogen and oxygen atoms in total. The van der Waals surface area contributed by atoms with Gasteiger partial charge in [0.15, 0.2) is 11.5 Å². The number of nitrogens with one attached hydrogen (secondary N) is 1. The van der Waals surface area contributed by atoms with Gasteiger partial charge in [-0.25, -0.2) is 0 Å². The van der Waals surface area contributed by atoms with Crippen LogP contribution in [0.5, 0.6) is 11.5 Å². The first-order valence-corrected chi connectivity index (χ1v) is 12.1. The highest BCUT2D eigenvalue weighted by atomic mass is 16.5. The smallest absolute Gasteiger partial charge is 0.246 e. The SMILES string of the molecule is CCOCCCN(C(=O)Cn1nnc(-c2ccc(OC)c(OC)c2)n1)C(C)C(=O)NC1CCCC1. The number of tetrazole rings is 1. The van der Waals surface area contributed by atoms with Gasteiger partial charge in [-0.05, 0) is 56.5 Å². The van der Waals surface area contributed by atoms with E-state index in [1.54, 1.807) is 44.2 Å². The third-order valence-electron chi connectivity index (χ3n) is 6.13. The van der Waals surface area contributed by atoms with Crippen LogP contribution in [-0.2, 0) is 20.9 Å². The number of nitrogens with zero attached hydrogens (tertiary/aromatic N) is 5. The summed E-state index contributed by atoms with van der Waals surface area (Å²) >= 11 is 0. The maximum atomic E-state index is 13.2. The van der Waals surface area contributed by atoms with Crippen molar-refractivity contribution >= 4 is 11.8 Å². The molecule has 35 heavy (non-hydrogen) atoms. The Morgan fingerprint density at radius 2 is 1.94 bits per heavy atom. The van der Waals surface area contributed by atoms with Crippen molar-refractivity contribution < 1.29 is 23.8 Å². The first-order chi connectivity index (χ1) is 17.0. The van der Waals surface area contributed by atoms with Crippen LogP contribution in [0.1, 0.15) is 46.0 Å². The van der Waals surface area contributed by atoms with E-state index in [1.165, 1.54) is 4.80 Å². The highest BCUT2D eigenvalue weighted by molar-refractivity contribution is 5.87. The Bertz CT molecular complexity index is 975. The van der Waals surface area contributed by atoms with Crippen LogP contribution in [0.25, 0.3) is 11.4 Å². The number of amides is 2. The van der Waals surface area contributed by atoms with E-state index < -0.39 is 6.04 Å². The molecule has 11 heteroatoms. The largest absolute Gasteiger partial charge is 0.493 e. The summed E-state index contributed by atoms with van der Waals surface area (Å²) in [6.07, 6.45) is 4.84. The fourth-order valence-corrected chi connectivity index (χ4v) is 4.16. The van der Waals surface area contributed by atoms with Crippen LogP contribution >= 0.6 is 0 Å². The third kappa shape index (κ3) is 7.14. The van der Waals surface area contributed by atoms with E-state index in [0.717, 1.165) is 25.7 Å². The number of aromatic nitrogens is 4. The molecule has 0 radical (unpaired) electrons. The summed E-state index contributed by atoms with van der Waals surface area (Å²) < 4.78 is 16.0. The third-order valence-corrected chi connectivity index (χ3v) is 6.13. The molecular formula is C24H36N6O5. The molecule has 0 saturated heterocycles. The Balaban J connectivity index is 1.69. The van der Waals surface area contributed by atoms with Crippen LogP contribution in [0, 0.1) is 0 Å². The second-order valence-corrected chi connectivity index (χ2v) is 8.52. The maximum absolute atomic E-state index is 13.2. The molecule has 1 unspecified atom stereocenters. The monoisotopic (exact) mass is 488 g/mol. The molecule has 0 spiro atoms. The van der Waals surface area contributed by atoms with Crippen molar-refractivity contribution in [2.24, 2.45) is 0 Å². The van der Waals surface area contributed by atoms with Crippen molar-refractivity contribution in [1.82, 2.24) is 30.4 Å². The second kappa shape index (κ2) is 13.0. The molecule has 0 bridgehead atoms. The average molecular weight is 489 g/mol. The summed E-state index contributed by atoms with van der Waals surface area (Å²) in [4.78, 5) is 28.9. The zero-order valence-corrected chi connectivity index (χ0v) is 21.0. The van der Waals surface area contributed by atoms with Crippen LogP contribution in [0.15, 0.2) is 18.2 Å². The van der Waals surface area contributed by atoms with Crippen LogP contribution < -0.4 is 14.8 Å². The van der Waals surface area contributed by atoms with E-state index in [9.17, 15) is 9.59 Å². The highest BCUT2D eigenvalue weighted by Crippen LogP contribution is 2.30. The molecule has 1 fully saturated rings. The average Bonchev–Trinajstić information content (AvgIpc) is 3.55. The Kier molecular flexibility index (Phi) is 9.83.